The summed E-state index contributed by atoms with van der Waals surface area (Å²) in [7, 11) is 1.35. The van der Waals surface area contributed by atoms with Crippen molar-refractivity contribution < 1.29 is 33.3 Å². The van der Waals surface area contributed by atoms with Gasteiger partial charge in [-0.25, -0.2) is 14.4 Å². The molecular formula is C37H30O7. The summed E-state index contributed by atoms with van der Waals surface area (Å²) >= 11 is 0. The van der Waals surface area contributed by atoms with Crippen LogP contribution in [-0.2, 0) is 34.0 Å². The molecule has 0 spiro atoms. The molecule has 0 fully saturated rings. The third-order valence-electron chi connectivity index (χ3n) is 6.89. The van der Waals surface area contributed by atoms with Gasteiger partial charge in [-0.3, -0.25) is 0 Å². The first-order valence-electron chi connectivity index (χ1n) is 14.0. The topological polar surface area (TPSA) is 88.1 Å². The monoisotopic (exact) mass is 586 g/mol. The van der Waals surface area contributed by atoms with Crippen LogP contribution in [-0.4, -0.2) is 25.0 Å². The molecule has 0 bridgehead atoms. The largest absolute Gasteiger partial charge is 0.489 e. The number of hydrogen-bond acceptors (Lipinski definition) is 7. The van der Waals surface area contributed by atoms with E-state index in [0.717, 1.165) is 22.3 Å². The third-order valence-corrected chi connectivity index (χ3v) is 6.89. The van der Waals surface area contributed by atoms with Crippen LogP contribution in [0.25, 0.3) is 11.1 Å². The second kappa shape index (κ2) is 14.5. The first-order chi connectivity index (χ1) is 21.5. The minimum absolute atomic E-state index is 0.00313. The van der Waals surface area contributed by atoms with E-state index in [1.54, 1.807) is 60.7 Å². The van der Waals surface area contributed by atoms with Gasteiger partial charge in [-0.1, -0.05) is 72.8 Å². The molecule has 0 aliphatic heterocycles. The van der Waals surface area contributed by atoms with Crippen LogP contribution in [0.5, 0.6) is 5.75 Å². The van der Waals surface area contributed by atoms with Crippen molar-refractivity contribution in [3.8, 4) is 16.9 Å². The van der Waals surface area contributed by atoms with Crippen LogP contribution in [0.4, 0.5) is 0 Å². The first-order valence-corrected chi connectivity index (χ1v) is 14.0. The van der Waals surface area contributed by atoms with Crippen molar-refractivity contribution in [1.82, 2.24) is 0 Å². The van der Waals surface area contributed by atoms with Gasteiger partial charge in [0, 0.05) is 0 Å². The zero-order valence-electron chi connectivity index (χ0n) is 24.1. The summed E-state index contributed by atoms with van der Waals surface area (Å²) in [6.07, 6.45) is 0. The summed E-state index contributed by atoms with van der Waals surface area (Å²) < 4.78 is 22.1. The van der Waals surface area contributed by atoms with Crippen LogP contribution in [0.1, 0.15) is 47.8 Å². The number of benzene rings is 5. The number of rotatable bonds is 11. The second-order valence-corrected chi connectivity index (χ2v) is 9.87. The molecule has 0 saturated heterocycles. The molecule has 0 aliphatic rings. The van der Waals surface area contributed by atoms with Crippen LogP contribution in [0.2, 0.25) is 0 Å². The number of ether oxygens (including phenoxy) is 4. The van der Waals surface area contributed by atoms with Crippen molar-refractivity contribution in [3.05, 3.63) is 161 Å². The molecule has 7 nitrogen and oxygen atoms in total. The van der Waals surface area contributed by atoms with Crippen LogP contribution in [0, 0.1) is 0 Å². The van der Waals surface area contributed by atoms with Crippen molar-refractivity contribution in [1.29, 1.82) is 0 Å². The quantitative estimate of drug-likeness (QED) is 0.117. The van der Waals surface area contributed by atoms with Crippen LogP contribution < -0.4 is 4.74 Å². The van der Waals surface area contributed by atoms with E-state index in [0.29, 0.717) is 28.0 Å². The molecule has 0 heterocycles. The standard InChI is InChI=1S/C37H30O7/c1-41-35(38)30-19-17-27(18-20-30)31-13-8-14-34(22-31)42-23-26-15-16-32(24-43-36(39)28-9-4-2-5-10-28)33(21-26)25-44-37(40)29-11-6-3-7-12-29/h2-22H,23-25H2,1H3. The van der Waals surface area contributed by atoms with Crippen LogP contribution >= 0.6 is 0 Å². The molecule has 5 aromatic carbocycles. The average Bonchev–Trinajstić information content (AvgIpc) is 3.09. The number of esters is 3. The Bertz CT molecular complexity index is 1730. The molecule has 220 valence electrons. The number of carbonyl (C=O) groups excluding carboxylic acids is 3. The normalized spacial score (nSPS) is 10.5. The van der Waals surface area contributed by atoms with E-state index in [-0.39, 0.29) is 25.8 Å². The molecule has 0 amide bonds. The van der Waals surface area contributed by atoms with E-state index in [1.807, 2.05) is 66.7 Å². The Morgan fingerprint density at radius 2 is 1.09 bits per heavy atom. The molecule has 0 radical (unpaired) electrons. The average molecular weight is 587 g/mol. The van der Waals surface area contributed by atoms with Gasteiger partial charge in [-0.05, 0) is 82.4 Å². The fraction of sp³-hybridized carbons (Fsp3) is 0.108. The Morgan fingerprint density at radius 1 is 0.500 bits per heavy atom. The maximum atomic E-state index is 12.6. The van der Waals surface area contributed by atoms with Gasteiger partial charge in [0.2, 0.25) is 0 Å². The highest BCUT2D eigenvalue weighted by Crippen LogP contribution is 2.26. The van der Waals surface area contributed by atoms with Crippen molar-refractivity contribution >= 4 is 17.9 Å². The lowest BCUT2D eigenvalue weighted by molar-refractivity contribution is 0.0435. The minimum atomic E-state index is -0.448. The third kappa shape index (κ3) is 7.77. The molecule has 0 aliphatic carbocycles. The molecule has 0 atom stereocenters. The highest BCUT2D eigenvalue weighted by Gasteiger charge is 2.13. The number of carbonyl (C=O) groups is 3. The van der Waals surface area contributed by atoms with Crippen LogP contribution in [0.3, 0.4) is 0 Å². The van der Waals surface area contributed by atoms with Crippen molar-refractivity contribution in [2.24, 2.45) is 0 Å². The minimum Gasteiger partial charge on any atom is -0.489 e. The van der Waals surface area contributed by atoms with E-state index < -0.39 is 11.9 Å². The lowest BCUT2D eigenvalue weighted by Gasteiger charge is -2.14. The Morgan fingerprint density at radius 3 is 1.70 bits per heavy atom. The number of hydrogen-bond donors (Lipinski definition) is 0. The predicted octanol–water partition coefficient (Wildman–Crippen LogP) is 7.43. The van der Waals surface area contributed by atoms with E-state index >= 15 is 0 Å². The zero-order valence-corrected chi connectivity index (χ0v) is 24.1. The van der Waals surface area contributed by atoms with Crippen molar-refractivity contribution in [2.45, 2.75) is 19.8 Å². The molecule has 5 aromatic rings. The lowest BCUT2D eigenvalue weighted by atomic mass is 10.0. The Balaban J connectivity index is 1.29. The first kappa shape index (κ1) is 29.8. The molecule has 0 aromatic heterocycles. The van der Waals surface area contributed by atoms with Gasteiger partial charge in [0.25, 0.3) is 0 Å². The van der Waals surface area contributed by atoms with E-state index in [1.165, 1.54) is 7.11 Å². The fourth-order valence-electron chi connectivity index (χ4n) is 4.49. The SMILES string of the molecule is COC(=O)c1ccc(-c2cccc(OCc3ccc(COC(=O)c4ccccc4)c(COC(=O)c4ccccc4)c3)c2)cc1. The van der Waals surface area contributed by atoms with E-state index in [2.05, 4.69) is 0 Å². The van der Waals surface area contributed by atoms with Gasteiger partial charge in [0.05, 0.1) is 23.8 Å². The smallest absolute Gasteiger partial charge is 0.338 e. The van der Waals surface area contributed by atoms with E-state index in [4.69, 9.17) is 18.9 Å². The Kier molecular flexibility index (Phi) is 9.80. The Labute approximate surface area is 255 Å². The summed E-state index contributed by atoms with van der Waals surface area (Å²) in [5.74, 6) is -0.610. The maximum absolute atomic E-state index is 12.6. The van der Waals surface area contributed by atoms with Crippen molar-refractivity contribution in [2.75, 3.05) is 7.11 Å². The molecule has 0 saturated carbocycles. The number of methoxy groups -OCH3 is 1. The van der Waals surface area contributed by atoms with E-state index in [9.17, 15) is 14.4 Å². The highest BCUT2D eigenvalue weighted by molar-refractivity contribution is 5.90. The van der Waals surface area contributed by atoms with Gasteiger partial charge in [0.1, 0.15) is 25.6 Å². The molecule has 0 unspecified atom stereocenters. The molecule has 44 heavy (non-hydrogen) atoms. The predicted molar refractivity (Wildman–Crippen MR) is 165 cm³/mol. The van der Waals surface area contributed by atoms with Gasteiger partial charge in [-0.15, -0.1) is 0 Å². The molecular weight excluding hydrogens is 556 g/mol. The van der Waals surface area contributed by atoms with Gasteiger partial charge in [0.15, 0.2) is 0 Å². The van der Waals surface area contributed by atoms with Crippen LogP contribution in [0.15, 0.2) is 127 Å². The van der Waals surface area contributed by atoms with Gasteiger partial charge >= 0.3 is 17.9 Å². The van der Waals surface area contributed by atoms with Crippen molar-refractivity contribution in [3.63, 3.8) is 0 Å². The molecule has 0 N–H and O–H groups in total. The maximum Gasteiger partial charge on any atom is 0.338 e. The van der Waals surface area contributed by atoms with Gasteiger partial charge < -0.3 is 18.9 Å². The molecule has 7 heteroatoms. The summed E-state index contributed by atoms with van der Waals surface area (Å²) in [5.41, 5.74) is 5.52. The summed E-state index contributed by atoms with van der Waals surface area (Å²) in [6.45, 7) is 0.273. The lowest BCUT2D eigenvalue weighted by Crippen LogP contribution is -2.10. The highest BCUT2D eigenvalue weighted by atomic mass is 16.5. The summed E-state index contributed by atoms with van der Waals surface area (Å²) in [4.78, 5) is 36.9. The Hall–Kier alpha value is -5.69. The second-order valence-electron chi connectivity index (χ2n) is 9.87. The molecule has 5 rings (SSSR count). The zero-order chi connectivity index (χ0) is 30.7. The summed E-state index contributed by atoms with van der Waals surface area (Å²) in [6, 6.07) is 38.0. The summed E-state index contributed by atoms with van der Waals surface area (Å²) in [5, 5.41) is 0. The fourth-order valence-corrected chi connectivity index (χ4v) is 4.49. The van der Waals surface area contributed by atoms with Gasteiger partial charge in [-0.2, -0.15) is 0 Å².